The first-order valence-electron chi connectivity index (χ1n) is 5.84. The van der Waals surface area contributed by atoms with Gasteiger partial charge in [0.2, 0.25) is 0 Å². The molecule has 0 bridgehead atoms. The van der Waals surface area contributed by atoms with Gasteiger partial charge in [-0.05, 0) is 11.1 Å². The Balaban J connectivity index is 3.03. The van der Waals surface area contributed by atoms with Gasteiger partial charge in [-0.25, -0.2) is 0 Å². The molecule has 2 aromatic carbocycles. The monoisotopic (exact) mass is 370 g/mol. The molecule has 0 nitrogen and oxygen atoms in total. The third kappa shape index (κ3) is 2.66. The maximum atomic E-state index is 6.12. The van der Waals surface area contributed by atoms with Crippen LogP contribution in [0.1, 0.15) is 0 Å². The first-order valence-corrected chi connectivity index (χ1v) is 7.39. The Kier molecular flexibility index (Phi) is 5.37. The molecule has 0 spiro atoms. The first-order chi connectivity index (χ1) is 10.1. The van der Waals surface area contributed by atoms with Crippen LogP contribution in [-0.2, 0) is 0 Å². The zero-order valence-corrected chi connectivity index (χ0v) is 14.3. The topological polar surface area (TPSA) is 0 Å². The smallest absolute Gasteiger partial charge is 0.0951 e. The Labute approximate surface area is 157 Å². The van der Waals surface area contributed by atoms with E-state index in [0.717, 1.165) is 0 Å². The van der Waals surface area contributed by atoms with Crippen LogP contribution in [0.25, 0.3) is 11.1 Å². The number of rotatable bonds is 1. The van der Waals surface area contributed by atoms with Crippen LogP contribution >= 0.6 is 39.1 Å². The van der Waals surface area contributed by atoms with Crippen LogP contribution in [0.3, 0.4) is 0 Å². The molecule has 0 saturated heterocycles. The minimum atomic E-state index is 0.0662. The molecule has 0 aliphatic heterocycles. The molecular formula is C12B7BrCl2. The summed E-state index contributed by atoms with van der Waals surface area (Å²) < 4.78 is 0.368. The molecule has 0 N–H and O–H groups in total. The zero-order valence-electron chi connectivity index (χ0n) is 11.2. The molecule has 0 atom stereocenters. The van der Waals surface area contributed by atoms with Gasteiger partial charge in [0.1, 0.15) is 54.9 Å². The highest BCUT2D eigenvalue weighted by atomic mass is 79.9. The quantitative estimate of drug-likeness (QED) is 0.469. The van der Waals surface area contributed by atoms with Crippen LogP contribution in [0.15, 0.2) is 4.47 Å². The summed E-state index contributed by atoms with van der Waals surface area (Å²) in [4.78, 5) is 0. The van der Waals surface area contributed by atoms with E-state index in [4.69, 9.17) is 78.1 Å². The second-order valence-corrected chi connectivity index (χ2v) is 6.14. The molecule has 22 heavy (non-hydrogen) atoms. The Bertz CT molecular complexity index is 682. The molecular weight excluding hydrogens is 371 g/mol. The highest BCUT2D eigenvalue weighted by Gasteiger charge is 2.19. The highest BCUT2D eigenvalue weighted by Crippen LogP contribution is 2.18. The molecule has 10 heteroatoms. The van der Waals surface area contributed by atoms with Crippen molar-refractivity contribution in [3.63, 3.8) is 0 Å². The summed E-state index contributed by atoms with van der Waals surface area (Å²) in [5.74, 6) is 0. The number of halogens is 3. The van der Waals surface area contributed by atoms with E-state index < -0.39 is 0 Å². The van der Waals surface area contributed by atoms with Gasteiger partial charge in [0.05, 0.1) is 0 Å². The second kappa shape index (κ2) is 6.45. The lowest BCUT2D eigenvalue weighted by molar-refractivity contribution is 1.79. The zero-order chi connectivity index (χ0) is 16.9. The summed E-state index contributed by atoms with van der Waals surface area (Å²) in [7, 11) is 41.6. The van der Waals surface area contributed by atoms with Gasteiger partial charge in [0.15, 0.2) is 0 Å². The van der Waals surface area contributed by atoms with Crippen LogP contribution in [0.4, 0.5) is 0 Å². The van der Waals surface area contributed by atoms with E-state index in [0.29, 0.717) is 4.47 Å². The Morgan fingerprint density at radius 1 is 0.500 bits per heavy atom. The van der Waals surface area contributed by atoms with E-state index in [1.165, 1.54) is 0 Å². The minimum absolute atomic E-state index is 0.0662. The molecule has 0 heterocycles. The van der Waals surface area contributed by atoms with E-state index in [9.17, 15) is 0 Å². The van der Waals surface area contributed by atoms with Gasteiger partial charge in [0, 0.05) is 14.5 Å². The molecule has 0 fully saturated rings. The fourth-order valence-corrected chi connectivity index (χ4v) is 2.99. The number of benzene rings is 2. The average molecular weight is 371 g/mol. The molecule has 0 amide bonds. The SMILES string of the molecule is [B]c1c([B])c(-c2c([B])c(Cl)c([B])c(Br)c2[B])c([B])c([B])c1Cl. The van der Waals surface area contributed by atoms with Gasteiger partial charge in [-0.3, -0.25) is 0 Å². The van der Waals surface area contributed by atoms with E-state index in [1.54, 1.807) is 0 Å². The van der Waals surface area contributed by atoms with E-state index in [1.807, 2.05) is 0 Å². The van der Waals surface area contributed by atoms with Crippen molar-refractivity contribution in [3.05, 3.63) is 14.5 Å². The van der Waals surface area contributed by atoms with E-state index in [2.05, 4.69) is 15.9 Å². The van der Waals surface area contributed by atoms with Crippen molar-refractivity contribution in [1.82, 2.24) is 0 Å². The van der Waals surface area contributed by atoms with Crippen molar-refractivity contribution in [3.8, 4) is 11.1 Å². The Morgan fingerprint density at radius 3 is 1.32 bits per heavy atom. The molecule has 2 rings (SSSR count). The summed E-state index contributed by atoms with van der Waals surface area (Å²) in [6.07, 6.45) is 0. The van der Waals surface area contributed by atoms with Crippen molar-refractivity contribution in [2.75, 3.05) is 0 Å². The van der Waals surface area contributed by atoms with E-state index in [-0.39, 0.29) is 59.4 Å². The summed E-state index contributed by atoms with van der Waals surface area (Å²) in [6, 6.07) is 0. The van der Waals surface area contributed by atoms with Crippen molar-refractivity contribution < 1.29 is 0 Å². The largest absolute Gasteiger partial charge is 0.117 e. The molecule has 2 aromatic rings. The minimum Gasteiger partial charge on any atom is -0.0951 e. The molecule has 14 radical (unpaired) electrons. The maximum Gasteiger partial charge on any atom is 0.117 e. The lowest BCUT2D eigenvalue weighted by atomic mass is 9.62. The maximum absolute atomic E-state index is 6.12. The van der Waals surface area contributed by atoms with Gasteiger partial charge < -0.3 is 0 Å². The Morgan fingerprint density at radius 2 is 0.864 bits per heavy atom. The van der Waals surface area contributed by atoms with Gasteiger partial charge in [-0.2, -0.15) is 0 Å². The fourth-order valence-electron chi connectivity index (χ4n) is 2.09. The second-order valence-electron chi connectivity index (χ2n) is 4.59. The molecule has 90 valence electrons. The normalized spacial score (nSPS) is 10.9. The van der Waals surface area contributed by atoms with Gasteiger partial charge >= 0.3 is 0 Å². The predicted molar refractivity (Wildman–Crippen MR) is 107 cm³/mol. The van der Waals surface area contributed by atoms with Gasteiger partial charge in [0.25, 0.3) is 0 Å². The number of hydrogen-bond acceptors (Lipinski definition) is 0. The van der Waals surface area contributed by atoms with Crippen molar-refractivity contribution in [1.29, 1.82) is 0 Å². The van der Waals surface area contributed by atoms with Crippen LogP contribution in [-0.4, -0.2) is 54.9 Å². The lowest BCUT2D eigenvalue weighted by Gasteiger charge is -2.25. The lowest BCUT2D eigenvalue weighted by Crippen LogP contribution is -2.46. The van der Waals surface area contributed by atoms with Crippen LogP contribution in [0.5, 0.6) is 0 Å². The molecule has 0 saturated carbocycles. The molecule has 0 aliphatic rings. The Hall–Kier alpha value is -0.0455. The fraction of sp³-hybridized carbons (Fsp3) is 0. The summed E-state index contributed by atoms with van der Waals surface area (Å²) in [6.45, 7) is 0. The van der Waals surface area contributed by atoms with Gasteiger partial charge in [-0.15, -0.1) is 0 Å². The first kappa shape index (κ1) is 18.3. The van der Waals surface area contributed by atoms with Crippen molar-refractivity contribution in [2.24, 2.45) is 0 Å². The molecule has 0 aromatic heterocycles. The van der Waals surface area contributed by atoms with Crippen molar-refractivity contribution >= 4 is 132 Å². The third-order valence-electron chi connectivity index (χ3n) is 3.33. The average Bonchev–Trinajstić information content (AvgIpc) is 2.50. The molecule has 0 aliphatic carbocycles. The van der Waals surface area contributed by atoms with Crippen LogP contribution in [0, 0.1) is 0 Å². The third-order valence-corrected chi connectivity index (χ3v) is 5.00. The van der Waals surface area contributed by atoms with E-state index >= 15 is 0 Å². The summed E-state index contributed by atoms with van der Waals surface area (Å²) in [5.41, 5.74) is 1.42. The highest BCUT2D eigenvalue weighted by molar-refractivity contribution is 9.10. The number of hydrogen-bond donors (Lipinski definition) is 0. The van der Waals surface area contributed by atoms with Crippen LogP contribution < -0.4 is 38.2 Å². The predicted octanol–water partition coefficient (Wildman–Crippen LogP) is -3.02. The van der Waals surface area contributed by atoms with Gasteiger partial charge in [-0.1, -0.05) is 77.4 Å². The summed E-state index contributed by atoms with van der Waals surface area (Å²) in [5, 5.41) is 0.179. The van der Waals surface area contributed by atoms with Crippen LogP contribution in [0.2, 0.25) is 10.0 Å². The standard InChI is InChI=1S/C12B7BrCl2/c13-3-1(4(14)8(18)12(22)7(3)17)2-5(15)10(20)9(19)11(21)6(2)16. The summed E-state index contributed by atoms with van der Waals surface area (Å²) >= 11 is 15.4. The van der Waals surface area contributed by atoms with Crippen molar-refractivity contribution in [2.45, 2.75) is 0 Å². The molecule has 0 unspecified atom stereocenters.